The number of halogens is 1. The summed E-state index contributed by atoms with van der Waals surface area (Å²) in [5.41, 5.74) is 3.82. The fourth-order valence-electron chi connectivity index (χ4n) is 3.62. The van der Waals surface area contributed by atoms with Crippen molar-refractivity contribution in [2.24, 2.45) is 5.92 Å². The van der Waals surface area contributed by atoms with Gasteiger partial charge in [0.2, 0.25) is 5.91 Å². The maximum atomic E-state index is 12.5. The molecule has 0 aliphatic heterocycles. The lowest BCUT2D eigenvalue weighted by atomic mass is 9.88. The molecular weight excluding hydrogens is 332 g/mol. The number of benzene rings is 2. The van der Waals surface area contributed by atoms with E-state index in [4.69, 9.17) is 11.6 Å². The van der Waals surface area contributed by atoms with Crippen LogP contribution >= 0.6 is 11.6 Å². The van der Waals surface area contributed by atoms with E-state index < -0.39 is 0 Å². The molecule has 1 aliphatic carbocycles. The van der Waals surface area contributed by atoms with Crippen LogP contribution in [0.2, 0.25) is 5.02 Å². The van der Waals surface area contributed by atoms with Gasteiger partial charge in [-0.1, -0.05) is 55.1 Å². The van der Waals surface area contributed by atoms with E-state index in [1.54, 1.807) is 0 Å². The van der Waals surface area contributed by atoms with Crippen molar-refractivity contribution in [3.05, 3.63) is 53.6 Å². The molecule has 1 aliphatic rings. The third-order valence-corrected chi connectivity index (χ3v) is 5.37. The van der Waals surface area contributed by atoms with Crippen molar-refractivity contribution < 1.29 is 4.79 Å². The summed E-state index contributed by atoms with van der Waals surface area (Å²) in [6.07, 6.45) is 5.47. The Bertz CT molecular complexity index is 876. The number of H-pyrrole nitrogens is 1. The van der Waals surface area contributed by atoms with Crippen molar-refractivity contribution in [3.8, 4) is 11.3 Å². The van der Waals surface area contributed by atoms with Crippen LogP contribution in [0.15, 0.2) is 48.5 Å². The molecule has 128 valence electrons. The zero-order valence-corrected chi connectivity index (χ0v) is 14.8. The van der Waals surface area contributed by atoms with Crippen LogP contribution < -0.4 is 5.32 Å². The van der Waals surface area contributed by atoms with Crippen molar-refractivity contribution in [2.75, 3.05) is 5.32 Å². The molecular formula is C21H21ClN2O. The molecule has 3 aromatic rings. The molecule has 0 unspecified atom stereocenters. The molecule has 2 N–H and O–H groups in total. The summed E-state index contributed by atoms with van der Waals surface area (Å²) in [6.45, 7) is 0. The van der Waals surface area contributed by atoms with Crippen molar-refractivity contribution in [2.45, 2.75) is 32.1 Å². The highest BCUT2D eigenvalue weighted by Gasteiger charge is 2.21. The van der Waals surface area contributed by atoms with Gasteiger partial charge in [-0.2, -0.15) is 0 Å². The standard InChI is InChI=1S/C21H21ClN2O/c22-17-11-10-16(19-12-15-8-4-5-9-18(15)23-19)13-20(17)24-21(25)14-6-2-1-3-7-14/h4-5,8-14,23H,1-3,6-7H2,(H,24,25). The predicted octanol–water partition coefficient (Wildman–Crippen LogP) is 6.01. The van der Waals surface area contributed by atoms with Gasteiger partial charge in [-0.05, 0) is 37.1 Å². The molecule has 1 fully saturated rings. The van der Waals surface area contributed by atoms with E-state index in [1.807, 2.05) is 30.3 Å². The molecule has 1 heterocycles. The van der Waals surface area contributed by atoms with Gasteiger partial charge in [-0.3, -0.25) is 4.79 Å². The summed E-state index contributed by atoms with van der Waals surface area (Å²) >= 11 is 6.32. The molecule has 0 atom stereocenters. The molecule has 1 aromatic heterocycles. The maximum absolute atomic E-state index is 12.5. The van der Waals surface area contributed by atoms with E-state index in [9.17, 15) is 4.79 Å². The Balaban J connectivity index is 1.60. The van der Waals surface area contributed by atoms with Gasteiger partial charge in [0, 0.05) is 28.1 Å². The highest BCUT2D eigenvalue weighted by Crippen LogP contribution is 2.32. The molecule has 0 bridgehead atoms. The molecule has 1 amide bonds. The van der Waals surface area contributed by atoms with Crippen molar-refractivity contribution in [1.29, 1.82) is 0 Å². The number of rotatable bonds is 3. The van der Waals surface area contributed by atoms with Crippen molar-refractivity contribution in [3.63, 3.8) is 0 Å². The van der Waals surface area contributed by atoms with Crippen LogP contribution in [0.25, 0.3) is 22.2 Å². The van der Waals surface area contributed by atoms with E-state index in [1.165, 1.54) is 11.8 Å². The second kappa shape index (κ2) is 6.93. The van der Waals surface area contributed by atoms with Crippen LogP contribution in [0, 0.1) is 5.92 Å². The topological polar surface area (TPSA) is 44.9 Å². The molecule has 0 saturated heterocycles. The second-order valence-electron chi connectivity index (χ2n) is 6.79. The summed E-state index contributed by atoms with van der Waals surface area (Å²) in [6, 6.07) is 16.1. The van der Waals surface area contributed by atoms with Crippen LogP contribution in [0.1, 0.15) is 32.1 Å². The highest BCUT2D eigenvalue weighted by atomic mass is 35.5. The lowest BCUT2D eigenvalue weighted by molar-refractivity contribution is -0.120. The number of nitrogens with one attached hydrogen (secondary N) is 2. The van der Waals surface area contributed by atoms with Crippen molar-refractivity contribution in [1.82, 2.24) is 4.98 Å². The first-order valence-electron chi connectivity index (χ1n) is 8.89. The molecule has 4 rings (SSSR count). The summed E-state index contributed by atoms with van der Waals surface area (Å²) < 4.78 is 0. The lowest BCUT2D eigenvalue weighted by Gasteiger charge is -2.21. The lowest BCUT2D eigenvalue weighted by Crippen LogP contribution is -2.24. The summed E-state index contributed by atoms with van der Waals surface area (Å²) in [7, 11) is 0. The number of para-hydroxylation sites is 1. The van der Waals surface area contributed by atoms with Crippen molar-refractivity contribution >= 4 is 34.1 Å². The fraction of sp³-hybridized carbons (Fsp3) is 0.286. The van der Waals surface area contributed by atoms with Gasteiger partial charge in [0.15, 0.2) is 0 Å². The Morgan fingerprint density at radius 1 is 1.04 bits per heavy atom. The number of carbonyl (C=O) groups excluding carboxylic acids is 1. The monoisotopic (exact) mass is 352 g/mol. The minimum absolute atomic E-state index is 0.0930. The van der Waals surface area contributed by atoms with Gasteiger partial charge in [-0.25, -0.2) is 0 Å². The van der Waals surface area contributed by atoms with Crippen LogP contribution in [0.3, 0.4) is 0 Å². The second-order valence-corrected chi connectivity index (χ2v) is 7.20. The number of fused-ring (bicyclic) bond motifs is 1. The number of anilines is 1. The van der Waals surface area contributed by atoms with Crippen LogP contribution in [-0.4, -0.2) is 10.9 Å². The fourth-order valence-corrected chi connectivity index (χ4v) is 3.78. The third kappa shape index (κ3) is 3.42. The van der Waals surface area contributed by atoms with Crippen LogP contribution in [0.5, 0.6) is 0 Å². The Morgan fingerprint density at radius 2 is 1.84 bits per heavy atom. The van der Waals surface area contributed by atoms with E-state index >= 15 is 0 Å². The Morgan fingerprint density at radius 3 is 2.64 bits per heavy atom. The normalized spacial score (nSPS) is 15.4. The molecule has 4 heteroatoms. The van der Waals surface area contributed by atoms with Gasteiger partial charge in [0.25, 0.3) is 0 Å². The van der Waals surface area contributed by atoms with Gasteiger partial charge >= 0.3 is 0 Å². The minimum atomic E-state index is 0.0930. The first kappa shape index (κ1) is 16.2. The number of hydrogen-bond donors (Lipinski definition) is 2. The zero-order chi connectivity index (χ0) is 17.2. The first-order chi connectivity index (χ1) is 12.2. The highest BCUT2D eigenvalue weighted by molar-refractivity contribution is 6.33. The molecule has 0 spiro atoms. The molecule has 25 heavy (non-hydrogen) atoms. The number of amides is 1. The number of aromatic amines is 1. The largest absolute Gasteiger partial charge is 0.355 e. The average Bonchev–Trinajstić information content (AvgIpc) is 3.08. The molecule has 0 radical (unpaired) electrons. The third-order valence-electron chi connectivity index (χ3n) is 5.04. The smallest absolute Gasteiger partial charge is 0.227 e. The Kier molecular flexibility index (Phi) is 4.50. The van der Waals surface area contributed by atoms with E-state index in [2.05, 4.69) is 28.5 Å². The van der Waals surface area contributed by atoms with E-state index in [-0.39, 0.29) is 11.8 Å². The predicted molar refractivity (Wildman–Crippen MR) is 104 cm³/mol. The maximum Gasteiger partial charge on any atom is 0.227 e. The molecule has 1 saturated carbocycles. The van der Waals surface area contributed by atoms with Gasteiger partial charge in [-0.15, -0.1) is 0 Å². The summed E-state index contributed by atoms with van der Waals surface area (Å²) in [5.74, 6) is 0.206. The Labute approximate surface area is 152 Å². The number of hydrogen-bond acceptors (Lipinski definition) is 1. The molecule has 2 aromatic carbocycles. The van der Waals surface area contributed by atoms with Gasteiger partial charge < -0.3 is 10.3 Å². The minimum Gasteiger partial charge on any atom is -0.355 e. The quantitative estimate of drug-likeness (QED) is 0.595. The van der Waals surface area contributed by atoms with Crippen LogP contribution in [0.4, 0.5) is 5.69 Å². The summed E-state index contributed by atoms with van der Waals surface area (Å²) in [4.78, 5) is 16.0. The Hall–Kier alpha value is -2.26. The summed E-state index contributed by atoms with van der Waals surface area (Å²) in [5, 5.41) is 4.78. The van der Waals surface area contributed by atoms with Gasteiger partial charge in [0.1, 0.15) is 0 Å². The zero-order valence-electron chi connectivity index (χ0n) is 14.0. The number of carbonyl (C=O) groups is 1. The van der Waals surface area contributed by atoms with E-state index in [0.29, 0.717) is 10.7 Å². The van der Waals surface area contributed by atoms with Crippen LogP contribution in [-0.2, 0) is 4.79 Å². The van der Waals surface area contributed by atoms with E-state index in [0.717, 1.165) is 42.5 Å². The molecule has 3 nitrogen and oxygen atoms in total. The number of aromatic nitrogens is 1. The first-order valence-corrected chi connectivity index (χ1v) is 9.27. The SMILES string of the molecule is O=C(Nc1cc(-c2cc3ccccc3[nH]2)ccc1Cl)C1CCCCC1. The average molecular weight is 353 g/mol. The van der Waals surface area contributed by atoms with Gasteiger partial charge in [0.05, 0.1) is 10.7 Å².